The Morgan fingerprint density at radius 1 is 1.38 bits per heavy atom. The van der Waals surface area contributed by atoms with Gasteiger partial charge in [0, 0.05) is 5.56 Å². The van der Waals surface area contributed by atoms with Crippen LogP contribution in [0.3, 0.4) is 0 Å². The van der Waals surface area contributed by atoms with Gasteiger partial charge >= 0.3 is 11.9 Å². The zero-order valence-corrected chi connectivity index (χ0v) is 6.56. The lowest BCUT2D eigenvalue weighted by molar-refractivity contribution is -0.146. The number of rotatable bonds is 1. The van der Waals surface area contributed by atoms with Gasteiger partial charge in [0.15, 0.2) is 0 Å². The predicted octanol–water partition coefficient (Wildman–Crippen LogP) is 0.983. The second-order valence-corrected chi connectivity index (χ2v) is 2.71. The highest BCUT2D eigenvalue weighted by molar-refractivity contribution is 5.98. The first-order valence-corrected chi connectivity index (χ1v) is 3.73. The Kier molecular flexibility index (Phi) is 1.55. The topological polar surface area (TPSA) is 63.6 Å². The molecule has 1 atom stereocenters. The van der Waals surface area contributed by atoms with Crippen LogP contribution in [0.1, 0.15) is 22.0 Å². The van der Waals surface area contributed by atoms with Crippen LogP contribution >= 0.6 is 0 Å². The van der Waals surface area contributed by atoms with Crippen LogP contribution in [-0.4, -0.2) is 17.0 Å². The first-order chi connectivity index (χ1) is 6.20. The molecule has 0 spiro atoms. The van der Waals surface area contributed by atoms with Crippen LogP contribution in [0.4, 0.5) is 0 Å². The molecule has 0 aliphatic carbocycles. The maximum atomic E-state index is 11.1. The molecule has 0 amide bonds. The van der Waals surface area contributed by atoms with Gasteiger partial charge in [0.2, 0.25) is 6.10 Å². The third-order valence-corrected chi connectivity index (χ3v) is 1.91. The molecule has 1 aliphatic heterocycles. The molecule has 13 heavy (non-hydrogen) atoms. The molecule has 0 saturated carbocycles. The van der Waals surface area contributed by atoms with Gasteiger partial charge < -0.3 is 9.84 Å². The average Bonchev–Trinajstić information content (AvgIpc) is 2.45. The van der Waals surface area contributed by atoms with Gasteiger partial charge in [0.25, 0.3) is 0 Å². The van der Waals surface area contributed by atoms with E-state index in [0.717, 1.165) is 0 Å². The number of carbonyl (C=O) groups is 2. The third-order valence-electron chi connectivity index (χ3n) is 1.91. The molecule has 2 rings (SSSR count). The highest BCUT2D eigenvalue weighted by atomic mass is 16.6. The van der Waals surface area contributed by atoms with Gasteiger partial charge in [-0.1, -0.05) is 18.2 Å². The number of carboxylic acids is 1. The summed E-state index contributed by atoms with van der Waals surface area (Å²) in [5.74, 6) is -1.71. The molecule has 1 aromatic rings. The Bertz CT molecular complexity index is 383. The zero-order valence-electron chi connectivity index (χ0n) is 6.56. The highest BCUT2D eigenvalue weighted by Crippen LogP contribution is 2.30. The highest BCUT2D eigenvalue weighted by Gasteiger charge is 2.35. The Balaban J connectivity index is 2.53. The number of ether oxygens (including phenoxy) is 1. The van der Waals surface area contributed by atoms with Gasteiger partial charge in [0.1, 0.15) is 0 Å². The van der Waals surface area contributed by atoms with E-state index in [0.29, 0.717) is 11.1 Å². The van der Waals surface area contributed by atoms with Gasteiger partial charge in [-0.25, -0.2) is 9.59 Å². The van der Waals surface area contributed by atoms with E-state index >= 15 is 0 Å². The number of benzene rings is 1. The average molecular weight is 178 g/mol. The normalized spacial score (nSPS) is 19.4. The number of hydrogen-bond donors (Lipinski definition) is 1. The van der Waals surface area contributed by atoms with E-state index in [9.17, 15) is 9.59 Å². The van der Waals surface area contributed by atoms with Crippen LogP contribution in [0.25, 0.3) is 0 Å². The van der Waals surface area contributed by atoms with Crippen molar-refractivity contribution in [2.45, 2.75) is 6.10 Å². The third kappa shape index (κ3) is 1.07. The Hall–Kier alpha value is -1.84. The summed E-state index contributed by atoms with van der Waals surface area (Å²) >= 11 is 0. The lowest BCUT2D eigenvalue weighted by Crippen LogP contribution is -2.10. The largest absolute Gasteiger partial charge is 0.478 e. The Morgan fingerprint density at radius 2 is 2.08 bits per heavy atom. The summed E-state index contributed by atoms with van der Waals surface area (Å²) in [5, 5.41) is 8.70. The molecule has 0 aromatic heterocycles. The fourth-order valence-corrected chi connectivity index (χ4v) is 1.33. The maximum Gasteiger partial charge on any atom is 0.349 e. The van der Waals surface area contributed by atoms with Gasteiger partial charge in [0.05, 0.1) is 5.56 Å². The van der Waals surface area contributed by atoms with Crippen LogP contribution < -0.4 is 0 Å². The first kappa shape index (κ1) is 7.79. The first-order valence-electron chi connectivity index (χ1n) is 3.73. The summed E-state index contributed by atoms with van der Waals surface area (Å²) in [7, 11) is 0. The second kappa shape index (κ2) is 2.58. The summed E-state index contributed by atoms with van der Waals surface area (Å²) in [6, 6.07) is 6.49. The van der Waals surface area contributed by atoms with Gasteiger partial charge in [-0.2, -0.15) is 0 Å². The number of hydrogen-bond acceptors (Lipinski definition) is 3. The van der Waals surface area contributed by atoms with E-state index in [2.05, 4.69) is 4.74 Å². The van der Waals surface area contributed by atoms with Gasteiger partial charge in [-0.3, -0.25) is 0 Å². The summed E-state index contributed by atoms with van der Waals surface area (Å²) < 4.78 is 4.65. The molecule has 1 heterocycles. The molecule has 0 radical (unpaired) electrons. The van der Waals surface area contributed by atoms with Crippen molar-refractivity contribution in [1.29, 1.82) is 0 Å². The quantitative estimate of drug-likeness (QED) is 0.651. The number of carbonyl (C=O) groups excluding carboxylic acids is 1. The minimum absolute atomic E-state index is 0.343. The summed E-state index contributed by atoms with van der Waals surface area (Å²) in [5.41, 5.74) is 0.773. The van der Waals surface area contributed by atoms with Gasteiger partial charge in [-0.15, -0.1) is 0 Å². The van der Waals surface area contributed by atoms with Crippen molar-refractivity contribution >= 4 is 11.9 Å². The van der Waals surface area contributed by atoms with Crippen LogP contribution in [0.5, 0.6) is 0 Å². The molecule has 66 valence electrons. The van der Waals surface area contributed by atoms with Crippen LogP contribution in [-0.2, 0) is 9.53 Å². The van der Waals surface area contributed by atoms with Crippen molar-refractivity contribution in [2.75, 3.05) is 0 Å². The Morgan fingerprint density at radius 3 is 2.77 bits per heavy atom. The predicted molar refractivity (Wildman–Crippen MR) is 42.2 cm³/mol. The Labute approximate surface area is 73.8 Å². The molecule has 0 fully saturated rings. The van der Waals surface area contributed by atoms with Crippen molar-refractivity contribution in [3.63, 3.8) is 0 Å². The fourth-order valence-electron chi connectivity index (χ4n) is 1.33. The standard InChI is InChI=1S/C9H6O4/c10-8(11)7-5-3-1-2-4-6(5)9(12)13-7/h1-4,7H,(H,10,11)/t7-/m1/s1. The van der Waals surface area contributed by atoms with Gasteiger partial charge in [-0.05, 0) is 6.07 Å². The SMILES string of the molecule is O=C1O[C@@H](C(=O)O)c2ccccc21. The fraction of sp³-hybridized carbons (Fsp3) is 0.111. The number of esters is 1. The molecule has 4 heteroatoms. The van der Waals surface area contributed by atoms with E-state index in [1.54, 1.807) is 24.3 Å². The number of aliphatic carboxylic acids is 1. The second-order valence-electron chi connectivity index (χ2n) is 2.71. The van der Waals surface area contributed by atoms with Crippen LogP contribution in [0, 0.1) is 0 Å². The lowest BCUT2D eigenvalue weighted by Gasteiger charge is -2.02. The van der Waals surface area contributed by atoms with Crippen molar-refractivity contribution in [2.24, 2.45) is 0 Å². The summed E-state index contributed by atoms with van der Waals surface area (Å²) in [4.78, 5) is 21.7. The maximum absolute atomic E-state index is 11.1. The number of carboxylic acid groups (broad SMARTS) is 1. The zero-order chi connectivity index (χ0) is 9.42. The molecule has 1 aliphatic rings. The van der Waals surface area contributed by atoms with E-state index in [-0.39, 0.29) is 0 Å². The summed E-state index contributed by atoms with van der Waals surface area (Å²) in [6.07, 6.45) is -1.14. The van der Waals surface area contributed by atoms with Crippen LogP contribution in [0.2, 0.25) is 0 Å². The lowest BCUT2D eigenvalue weighted by atomic mass is 10.1. The molecule has 0 unspecified atom stereocenters. The van der Waals surface area contributed by atoms with E-state index in [1.807, 2.05) is 0 Å². The molecule has 4 nitrogen and oxygen atoms in total. The van der Waals surface area contributed by atoms with Crippen molar-refractivity contribution in [3.05, 3.63) is 35.4 Å². The minimum Gasteiger partial charge on any atom is -0.478 e. The molecular weight excluding hydrogens is 172 g/mol. The molecule has 0 bridgehead atoms. The van der Waals surface area contributed by atoms with Crippen LogP contribution in [0.15, 0.2) is 24.3 Å². The van der Waals surface area contributed by atoms with Crippen molar-refractivity contribution < 1.29 is 19.4 Å². The molecule has 1 N–H and O–H groups in total. The van der Waals surface area contributed by atoms with Crippen molar-refractivity contribution in [3.8, 4) is 0 Å². The van der Waals surface area contributed by atoms with E-state index < -0.39 is 18.0 Å². The monoisotopic (exact) mass is 178 g/mol. The number of cyclic esters (lactones) is 1. The summed E-state index contributed by atoms with van der Waals surface area (Å²) in [6.45, 7) is 0. The molecule has 0 saturated heterocycles. The molecular formula is C9H6O4. The smallest absolute Gasteiger partial charge is 0.349 e. The van der Waals surface area contributed by atoms with E-state index in [4.69, 9.17) is 5.11 Å². The van der Waals surface area contributed by atoms with Crippen molar-refractivity contribution in [1.82, 2.24) is 0 Å². The van der Waals surface area contributed by atoms with E-state index in [1.165, 1.54) is 0 Å². The minimum atomic E-state index is -1.14. The number of fused-ring (bicyclic) bond motifs is 1. The molecule has 1 aromatic carbocycles.